The van der Waals surface area contributed by atoms with E-state index in [2.05, 4.69) is 36.1 Å². The Morgan fingerprint density at radius 1 is 1.35 bits per heavy atom. The molecule has 1 aromatic rings. The molecular weight excluding hydrogens is 212 g/mol. The van der Waals surface area contributed by atoms with Crippen LogP contribution >= 0.6 is 0 Å². The van der Waals surface area contributed by atoms with Crippen molar-refractivity contribution in [1.82, 2.24) is 9.97 Å². The van der Waals surface area contributed by atoms with Crippen LogP contribution in [-0.2, 0) is 0 Å². The molecule has 0 fully saturated rings. The van der Waals surface area contributed by atoms with Gasteiger partial charge < -0.3 is 11.1 Å². The first-order chi connectivity index (χ1) is 8.02. The Morgan fingerprint density at radius 3 is 2.65 bits per heavy atom. The number of aromatic nitrogens is 2. The van der Waals surface area contributed by atoms with E-state index in [1.807, 2.05) is 13.0 Å². The van der Waals surface area contributed by atoms with Gasteiger partial charge in [0.25, 0.3) is 0 Å². The minimum absolute atomic E-state index is 0.273. The quantitative estimate of drug-likeness (QED) is 0.796. The van der Waals surface area contributed by atoms with E-state index in [-0.39, 0.29) is 6.04 Å². The molecule has 1 atom stereocenters. The smallest absolute Gasteiger partial charge is 0.133 e. The van der Waals surface area contributed by atoms with Crippen molar-refractivity contribution in [3.8, 4) is 0 Å². The Kier molecular flexibility index (Phi) is 5.35. The molecule has 0 radical (unpaired) electrons. The molecule has 0 saturated carbocycles. The summed E-state index contributed by atoms with van der Waals surface area (Å²) < 4.78 is 0. The molecule has 0 amide bonds. The first kappa shape index (κ1) is 13.9. The second kappa shape index (κ2) is 6.55. The van der Waals surface area contributed by atoms with E-state index in [1.165, 1.54) is 0 Å². The van der Waals surface area contributed by atoms with Gasteiger partial charge in [0, 0.05) is 30.3 Å². The van der Waals surface area contributed by atoms with Crippen LogP contribution in [0.2, 0.25) is 0 Å². The maximum atomic E-state index is 5.87. The average molecular weight is 236 g/mol. The highest BCUT2D eigenvalue weighted by Gasteiger charge is 2.06. The van der Waals surface area contributed by atoms with Crippen LogP contribution in [0.5, 0.6) is 0 Å². The highest BCUT2D eigenvalue weighted by Crippen LogP contribution is 2.13. The van der Waals surface area contributed by atoms with Crippen LogP contribution in [0, 0.1) is 6.92 Å². The van der Waals surface area contributed by atoms with Gasteiger partial charge in [0.2, 0.25) is 0 Å². The topological polar surface area (TPSA) is 63.8 Å². The molecule has 4 heteroatoms. The van der Waals surface area contributed by atoms with E-state index in [9.17, 15) is 0 Å². The normalized spacial score (nSPS) is 12.8. The fourth-order valence-electron chi connectivity index (χ4n) is 1.53. The molecule has 1 unspecified atom stereocenters. The number of nitrogens with one attached hydrogen (secondary N) is 1. The lowest BCUT2D eigenvalue weighted by Gasteiger charge is -2.12. The number of hydrogen-bond acceptors (Lipinski definition) is 4. The summed E-state index contributed by atoms with van der Waals surface area (Å²) in [7, 11) is 0. The van der Waals surface area contributed by atoms with Crippen molar-refractivity contribution in [2.75, 3.05) is 11.9 Å². The Bertz CT molecular complexity index is 349. The van der Waals surface area contributed by atoms with Crippen LogP contribution in [0.4, 0.5) is 5.82 Å². The molecule has 1 aromatic heterocycles. The zero-order chi connectivity index (χ0) is 12.8. The van der Waals surface area contributed by atoms with E-state index in [4.69, 9.17) is 5.73 Å². The Labute approximate surface area is 104 Å². The van der Waals surface area contributed by atoms with E-state index in [0.717, 1.165) is 36.7 Å². The zero-order valence-corrected chi connectivity index (χ0v) is 11.3. The van der Waals surface area contributed by atoms with E-state index in [0.29, 0.717) is 5.92 Å². The highest BCUT2D eigenvalue weighted by molar-refractivity contribution is 5.36. The predicted octanol–water partition coefficient (Wildman–Crippen LogP) is 2.45. The molecule has 1 rings (SSSR count). The Balaban J connectivity index is 2.59. The maximum Gasteiger partial charge on any atom is 0.133 e. The fourth-order valence-corrected chi connectivity index (χ4v) is 1.53. The minimum atomic E-state index is 0.273. The van der Waals surface area contributed by atoms with Crippen molar-refractivity contribution in [3.05, 3.63) is 17.6 Å². The third kappa shape index (κ3) is 4.69. The third-order valence-electron chi connectivity index (χ3n) is 2.73. The monoisotopic (exact) mass is 236 g/mol. The van der Waals surface area contributed by atoms with Crippen LogP contribution < -0.4 is 11.1 Å². The van der Waals surface area contributed by atoms with Gasteiger partial charge in [-0.1, -0.05) is 20.8 Å². The summed E-state index contributed by atoms with van der Waals surface area (Å²) in [6.45, 7) is 9.17. The van der Waals surface area contributed by atoms with E-state index >= 15 is 0 Å². The second-order valence-corrected chi connectivity index (χ2v) is 4.79. The number of anilines is 1. The summed E-state index contributed by atoms with van der Waals surface area (Å²) >= 11 is 0. The third-order valence-corrected chi connectivity index (χ3v) is 2.73. The summed E-state index contributed by atoms with van der Waals surface area (Å²) in [5.41, 5.74) is 6.88. The van der Waals surface area contributed by atoms with Crippen LogP contribution in [0.15, 0.2) is 6.07 Å². The Hall–Kier alpha value is -1.16. The average Bonchev–Trinajstić information content (AvgIpc) is 2.28. The van der Waals surface area contributed by atoms with Gasteiger partial charge in [-0.05, 0) is 19.8 Å². The van der Waals surface area contributed by atoms with Crippen LogP contribution in [0.1, 0.15) is 51.0 Å². The van der Waals surface area contributed by atoms with Crippen LogP contribution in [0.3, 0.4) is 0 Å². The molecule has 0 aliphatic rings. The molecular formula is C13H24N4. The summed E-state index contributed by atoms with van der Waals surface area (Å²) in [5.74, 6) is 2.16. The first-order valence-corrected chi connectivity index (χ1v) is 6.38. The van der Waals surface area contributed by atoms with Gasteiger partial charge in [-0.15, -0.1) is 0 Å². The molecule has 0 aromatic carbocycles. The number of nitrogens with zero attached hydrogens (tertiary/aromatic N) is 2. The number of rotatable bonds is 6. The molecule has 0 aliphatic carbocycles. The van der Waals surface area contributed by atoms with Crippen molar-refractivity contribution in [3.63, 3.8) is 0 Å². The fraction of sp³-hybridized carbons (Fsp3) is 0.692. The molecule has 0 aliphatic heterocycles. The summed E-state index contributed by atoms with van der Waals surface area (Å²) in [5, 5.41) is 3.31. The molecule has 3 N–H and O–H groups in total. The first-order valence-electron chi connectivity index (χ1n) is 6.38. The molecule has 1 heterocycles. The molecule has 96 valence electrons. The van der Waals surface area contributed by atoms with E-state index in [1.54, 1.807) is 0 Å². The summed E-state index contributed by atoms with van der Waals surface area (Å²) in [4.78, 5) is 8.91. The van der Waals surface area contributed by atoms with E-state index < -0.39 is 0 Å². The molecule has 4 nitrogen and oxygen atoms in total. The van der Waals surface area contributed by atoms with Crippen LogP contribution in [0.25, 0.3) is 0 Å². The second-order valence-electron chi connectivity index (χ2n) is 4.79. The number of nitrogens with two attached hydrogens (primary N) is 1. The van der Waals surface area contributed by atoms with Crippen molar-refractivity contribution >= 4 is 5.82 Å². The highest BCUT2D eigenvalue weighted by atomic mass is 15.0. The van der Waals surface area contributed by atoms with Crippen LogP contribution in [-0.4, -0.2) is 22.6 Å². The van der Waals surface area contributed by atoms with Crippen molar-refractivity contribution in [1.29, 1.82) is 0 Å². The lowest BCUT2D eigenvalue weighted by Crippen LogP contribution is -2.22. The van der Waals surface area contributed by atoms with Gasteiger partial charge in [0.15, 0.2) is 0 Å². The summed E-state index contributed by atoms with van der Waals surface area (Å²) in [6, 6.07) is 2.25. The molecule has 0 bridgehead atoms. The van der Waals surface area contributed by atoms with Gasteiger partial charge in [-0.3, -0.25) is 0 Å². The minimum Gasteiger partial charge on any atom is -0.370 e. The largest absolute Gasteiger partial charge is 0.370 e. The van der Waals surface area contributed by atoms with Crippen molar-refractivity contribution < 1.29 is 0 Å². The van der Waals surface area contributed by atoms with Gasteiger partial charge in [-0.25, -0.2) is 9.97 Å². The standard InChI is InChI=1S/C13H24N4/c1-5-11(14)6-7-15-12-8-10(4)16-13(17-12)9(2)3/h8-9,11H,5-7,14H2,1-4H3,(H,15,16,17). The lowest BCUT2D eigenvalue weighted by atomic mass is 10.2. The predicted molar refractivity (Wildman–Crippen MR) is 72.2 cm³/mol. The Morgan fingerprint density at radius 2 is 2.06 bits per heavy atom. The zero-order valence-electron chi connectivity index (χ0n) is 11.3. The van der Waals surface area contributed by atoms with Gasteiger partial charge in [0.1, 0.15) is 11.6 Å². The molecule has 17 heavy (non-hydrogen) atoms. The van der Waals surface area contributed by atoms with Gasteiger partial charge in [0.05, 0.1) is 0 Å². The maximum absolute atomic E-state index is 5.87. The number of aryl methyl sites for hydroxylation is 1. The number of hydrogen-bond donors (Lipinski definition) is 2. The van der Waals surface area contributed by atoms with Crippen molar-refractivity contribution in [2.24, 2.45) is 5.73 Å². The molecule has 0 spiro atoms. The lowest BCUT2D eigenvalue weighted by molar-refractivity contribution is 0.612. The van der Waals surface area contributed by atoms with Gasteiger partial charge >= 0.3 is 0 Å². The van der Waals surface area contributed by atoms with Crippen molar-refractivity contribution in [2.45, 2.75) is 52.5 Å². The van der Waals surface area contributed by atoms with Gasteiger partial charge in [-0.2, -0.15) is 0 Å². The summed E-state index contributed by atoms with van der Waals surface area (Å²) in [6.07, 6.45) is 1.98. The SMILES string of the molecule is CCC(N)CCNc1cc(C)nc(C(C)C)n1. The molecule has 0 saturated heterocycles.